The van der Waals surface area contributed by atoms with Crippen LogP contribution in [0.2, 0.25) is 0 Å². The molecule has 3 rings (SSSR count). The van der Waals surface area contributed by atoms with Gasteiger partial charge in [-0.3, -0.25) is 14.4 Å². The molecular formula is C24H31N3O4. The number of amides is 3. The van der Waals surface area contributed by atoms with Gasteiger partial charge < -0.3 is 20.4 Å². The summed E-state index contributed by atoms with van der Waals surface area (Å²) < 4.78 is 5.12. The number of carbonyl (C=O) groups excluding carboxylic acids is 3. The highest BCUT2D eigenvalue weighted by atomic mass is 16.3. The lowest BCUT2D eigenvalue weighted by Crippen LogP contribution is -2.52. The van der Waals surface area contributed by atoms with E-state index in [4.69, 9.17) is 4.42 Å². The average molecular weight is 426 g/mol. The first kappa shape index (κ1) is 22.6. The molecule has 1 saturated carbocycles. The molecule has 2 aromatic rings. The molecule has 1 aliphatic carbocycles. The largest absolute Gasteiger partial charge is 0.459 e. The predicted molar refractivity (Wildman–Crippen MR) is 119 cm³/mol. The van der Waals surface area contributed by atoms with Crippen molar-refractivity contribution in [2.75, 3.05) is 5.32 Å². The first-order valence-corrected chi connectivity index (χ1v) is 11.0. The number of nitrogens with one attached hydrogen (secondary N) is 3. The average Bonchev–Trinajstić information content (AvgIpc) is 3.33. The number of anilines is 1. The van der Waals surface area contributed by atoms with E-state index in [0.717, 1.165) is 32.1 Å². The Labute approximate surface area is 183 Å². The molecule has 0 aliphatic heterocycles. The maximum absolute atomic E-state index is 13.1. The lowest BCUT2D eigenvalue weighted by Gasteiger charge is -2.28. The quantitative estimate of drug-likeness (QED) is 0.592. The second-order valence-electron chi connectivity index (χ2n) is 8.16. The van der Waals surface area contributed by atoms with E-state index >= 15 is 0 Å². The lowest BCUT2D eigenvalue weighted by molar-refractivity contribution is -0.125. The topological polar surface area (TPSA) is 100 Å². The third kappa shape index (κ3) is 5.96. The van der Waals surface area contributed by atoms with Crippen LogP contribution in [0.15, 0.2) is 47.1 Å². The molecule has 0 saturated heterocycles. The van der Waals surface area contributed by atoms with Crippen molar-refractivity contribution >= 4 is 23.4 Å². The van der Waals surface area contributed by atoms with Gasteiger partial charge in [0.05, 0.1) is 17.5 Å². The SMILES string of the molecule is CC[C@@H](C)[C@@H](NC(=O)c1ccccc1NC(=O)c1ccco1)C(=O)NC1CCCCC1. The number of furan rings is 1. The Bertz CT molecular complexity index is 888. The molecule has 3 N–H and O–H groups in total. The van der Waals surface area contributed by atoms with Gasteiger partial charge in [-0.1, -0.05) is 51.7 Å². The van der Waals surface area contributed by atoms with E-state index in [2.05, 4.69) is 16.0 Å². The third-order valence-corrected chi connectivity index (χ3v) is 5.90. The second-order valence-corrected chi connectivity index (χ2v) is 8.16. The molecule has 0 spiro atoms. The first-order chi connectivity index (χ1) is 15.0. The molecule has 1 aromatic heterocycles. The summed E-state index contributed by atoms with van der Waals surface area (Å²) in [5.74, 6) is -0.873. The number of para-hydroxylation sites is 1. The Morgan fingerprint density at radius 2 is 1.77 bits per heavy atom. The molecule has 7 heteroatoms. The molecular weight excluding hydrogens is 394 g/mol. The summed E-state index contributed by atoms with van der Waals surface area (Å²) in [5.41, 5.74) is 0.651. The summed E-state index contributed by atoms with van der Waals surface area (Å²) in [5, 5.41) is 8.73. The Balaban J connectivity index is 1.72. The van der Waals surface area contributed by atoms with Crippen molar-refractivity contribution in [2.24, 2.45) is 5.92 Å². The van der Waals surface area contributed by atoms with Gasteiger partial charge in [0.15, 0.2) is 5.76 Å². The molecule has 0 radical (unpaired) electrons. The van der Waals surface area contributed by atoms with Crippen LogP contribution in [0.25, 0.3) is 0 Å². The number of carbonyl (C=O) groups is 3. The van der Waals surface area contributed by atoms with Gasteiger partial charge in [0, 0.05) is 6.04 Å². The van der Waals surface area contributed by atoms with Crippen LogP contribution in [-0.2, 0) is 4.79 Å². The van der Waals surface area contributed by atoms with Crippen molar-refractivity contribution in [3.63, 3.8) is 0 Å². The molecule has 1 fully saturated rings. The molecule has 31 heavy (non-hydrogen) atoms. The van der Waals surface area contributed by atoms with Gasteiger partial charge in [-0.25, -0.2) is 0 Å². The fraction of sp³-hybridized carbons (Fsp3) is 0.458. The number of hydrogen-bond donors (Lipinski definition) is 3. The van der Waals surface area contributed by atoms with Gasteiger partial charge in [0.2, 0.25) is 5.91 Å². The number of hydrogen-bond acceptors (Lipinski definition) is 4. The number of benzene rings is 1. The Hall–Kier alpha value is -3.09. The van der Waals surface area contributed by atoms with Gasteiger partial charge in [-0.05, 0) is 43.0 Å². The van der Waals surface area contributed by atoms with Crippen LogP contribution in [0.1, 0.15) is 73.3 Å². The van der Waals surface area contributed by atoms with Gasteiger partial charge in [0.1, 0.15) is 6.04 Å². The van der Waals surface area contributed by atoms with E-state index in [1.165, 1.54) is 12.7 Å². The lowest BCUT2D eigenvalue weighted by atomic mass is 9.93. The molecule has 7 nitrogen and oxygen atoms in total. The maximum atomic E-state index is 13.1. The van der Waals surface area contributed by atoms with E-state index in [1.54, 1.807) is 36.4 Å². The minimum atomic E-state index is -0.645. The van der Waals surface area contributed by atoms with E-state index in [0.29, 0.717) is 11.3 Å². The van der Waals surface area contributed by atoms with Crippen LogP contribution in [0.5, 0.6) is 0 Å². The smallest absolute Gasteiger partial charge is 0.291 e. The zero-order valence-corrected chi connectivity index (χ0v) is 18.1. The molecule has 1 heterocycles. The van der Waals surface area contributed by atoms with E-state index in [-0.39, 0.29) is 23.6 Å². The van der Waals surface area contributed by atoms with Crippen molar-refractivity contribution in [1.29, 1.82) is 0 Å². The summed E-state index contributed by atoms with van der Waals surface area (Å²) >= 11 is 0. The van der Waals surface area contributed by atoms with Crippen molar-refractivity contribution in [2.45, 2.75) is 64.5 Å². The van der Waals surface area contributed by atoms with Crippen molar-refractivity contribution in [3.05, 3.63) is 54.0 Å². The summed E-state index contributed by atoms with van der Waals surface area (Å²) in [4.78, 5) is 38.4. The number of rotatable bonds is 8. The van der Waals surface area contributed by atoms with Gasteiger partial charge in [-0.2, -0.15) is 0 Å². The zero-order valence-electron chi connectivity index (χ0n) is 18.1. The van der Waals surface area contributed by atoms with Crippen LogP contribution in [0, 0.1) is 5.92 Å². The Morgan fingerprint density at radius 3 is 2.45 bits per heavy atom. The molecule has 0 unspecified atom stereocenters. The monoisotopic (exact) mass is 425 g/mol. The molecule has 1 aromatic carbocycles. The minimum Gasteiger partial charge on any atom is -0.459 e. The Morgan fingerprint density at radius 1 is 1.03 bits per heavy atom. The van der Waals surface area contributed by atoms with Crippen molar-refractivity contribution < 1.29 is 18.8 Å². The van der Waals surface area contributed by atoms with E-state index < -0.39 is 17.9 Å². The Kier molecular flexibility index (Phi) is 7.87. The van der Waals surface area contributed by atoms with Crippen LogP contribution in [0.4, 0.5) is 5.69 Å². The standard InChI is InChI=1S/C24H31N3O4/c1-3-16(2)21(24(30)25-17-10-5-4-6-11-17)27-22(28)18-12-7-8-13-19(18)26-23(29)20-14-9-15-31-20/h7-9,12-17,21H,3-6,10-11H2,1-2H3,(H,25,30)(H,26,29)(H,27,28)/t16-,21-/m1/s1. The normalized spacial score (nSPS) is 16.2. The van der Waals surface area contributed by atoms with Gasteiger partial charge in [0.25, 0.3) is 11.8 Å². The van der Waals surface area contributed by atoms with Crippen LogP contribution < -0.4 is 16.0 Å². The zero-order chi connectivity index (χ0) is 22.2. The van der Waals surface area contributed by atoms with Crippen LogP contribution >= 0.6 is 0 Å². The maximum Gasteiger partial charge on any atom is 0.291 e. The van der Waals surface area contributed by atoms with Gasteiger partial charge >= 0.3 is 0 Å². The first-order valence-electron chi connectivity index (χ1n) is 11.0. The summed E-state index contributed by atoms with van der Waals surface area (Å²) in [6, 6.07) is 9.42. The molecule has 0 bridgehead atoms. The fourth-order valence-electron chi connectivity index (χ4n) is 3.84. The molecule has 166 valence electrons. The third-order valence-electron chi connectivity index (χ3n) is 5.90. The van der Waals surface area contributed by atoms with Crippen LogP contribution in [0.3, 0.4) is 0 Å². The second kappa shape index (κ2) is 10.8. The van der Waals surface area contributed by atoms with Crippen LogP contribution in [-0.4, -0.2) is 29.8 Å². The van der Waals surface area contributed by atoms with E-state index in [9.17, 15) is 14.4 Å². The summed E-state index contributed by atoms with van der Waals surface area (Å²) in [7, 11) is 0. The highest BCUT2D eigenvalue weighted by Crippen LogP contribution is 2.20. The van der Waals surface area contributed by atoms with Gasteiger partial charge in [-0.15, -0.1) is 0 Å². The highest BCUT2D eigenvalue weighted by Gasteiger charge is 2.29. The van der Waals surface area contributed by atoms with E-state index in [1.807, 2.05) is 13.8 Å². The highest BCUT2D eigenvalue weighted by molar-refractivity contribution is 6.08. The predicted octanol–water partition coefficient (Wildman–Crippen LogP) is 4.13. The molecule has 1 aliphatic rings. The molecule has 3 amide bonds. The van der Waals surface area contributed by atoms with Crippen molar-refractivity contribution in [1.82, 2.24) is 10.6 Å². The minimum absolute atomic E-state index is 0.0302. The summed E-state index contributed by atoms with van der Waals surface area (Å²) in [6.45, 7) is 3.95. The summed E-state index contributed by atoms with van der Waals surface area (Å²) in [6.07, 6.45) is 7.57. The van der Waals surface area contributed by atoms with Crippen molar-refractivity contribution in [3.8, 4) is 0 Å². The molecule has 2 atom stereocenters. The fourth-order valence-corrected chi connectivity index (χ4v) is 3.84.